The number of pyridine rings is 1. The van der Waals surface area contributed by atoms with E-state index in [1.54, 1.807) is 7.11 Å². The van der Waals surface area contributed by atoms with E-state index in [1.165, 1.54) is 19.3 Å². The van der Waals surface area contributed by atoms with Gasteiger partial charge in [-0.15, -0.1) is 0 Å². The van der Waals surface area contributed by atoms with Crippen LogP contribution in [0.3, 0.4) is 0 Å². The highest BCUT2D eigenvalue weighted by molar-refractivity contribution is 6.07. The average molecular weight is 312 g/mol. The molecule has 23 heavy (non-hydrogen) atoms. The number of ether oxygens (including phenoxy) is 1. The number of aromatic nitrogens is 1. The van der Waals surface area contributed by atoms with Crippen LogP contribution in [0.15, 0.2) is 42.6 Å². The first kappa shape index (κ1) is 15.3. The summed E-state index contributed by atoms with van der Waals surface area (Å²) in [5.74, 6) is 1.57. The lowest BCUT2D eigenvalue weighted by Gasteiger charge is -2.22. The second-order valence-corrected chi connectivity index (χ2v) is 5.66. The Morgan fingerprint density at radius 3 is 2.57 bits per heavy atom. The van der Waals surface area contributed by atoms with Crippen molar-refractivity contribution in [2.75, 3.05) is 30.4 Å². The van der Waals surface area contributed by atoms with Crippen LogP contribution in [0.25, 0.3) is 0 Å². The molecular formula is C18H22N3O2+. The third kappa shape index (κ3) is 3.62. The maximum Gasteiger partial charge on any atom is 0.287 e. The molecular weight excluding hydrogens is 290 g/mol. The average Bonchev–Trinajstić information content (AvgIpc) is 2.63. The Balaban J connectivity index is 1.78. The number of carbonyl (C=O) groups is 1. The first-order valence-corrected chi connectivity index (χ1v) is 7.99. The predicted molar refractivity (Wildman–Crippen MR) is 90.0 cm³/mol. The van der Waals surface area contributed by atoms with Crippen molar-refractivity contribution in [3.8, 4) is 5.75 Å². The van der Waals surface area contributed by atoms with E-state index in [0.29, 0.717) is 5.56 Å². The molecule has 0 spiro atoms. The van der Waals surface area contributed by atoms with Crippen LogP contribution in [0.1, 0.15) is 29.6 Å². The number of hydrogen-bond donors (Lipinski definition) is 1. The van der Waals surface area contributed by atoms with Gasteiger partial charge < -0.3 is 10.1 Å². The molecule has 0 atom stereocenters. The topological polar surface area (TPSA) is 55.7 Å². The number of H-pyrrole nitrogens is 1. The van der Waals surface area contributed by atoms with Gasteiger partial charge in [-0.25, -0.2) is 4.98 Å². The van der Waals surface area contributed by atoms with Gasteiger partial charge in [-0.2, -0.15) is 0 Å². The molecule has 5 nitrogen and oxygen atoms in total. The van der Waals surface area contributed by atoms with Crippen LogP contribution < -0.4 is 19.9 Å². The number of aromatic amines is 1. The SMILES string of the molecule is COc1ccc(NC(=O)c2ccc[nH+]c2N2CCCCC2)cc1. The molecule has 2 heterocycles. The summed E-state index contributed by atoms with van der Waals surface area (Å²) in [4.78, 5) is 18.1. The lowest BCUT2D eigenvalue weighted by atomic mass is 10.1. The first-order valence-electron chi connectivity index (χ1n) is 7.99. The van der Waals surface area contributed by atoms with Gasteiger partial charge in [0.2, 0.25) is 0 Å². The number of rotatable bonds is 4. The van der Waals surface area contributed by atoms with Crippen LogP contribution in [-0.4, -0.2) is 26.1 Å². The van der Waals surface area contributed by atoms with Crippen molar-refractivity contribution < 1.29 is 14.5 Å². The summed E-state index contributed by atoms with van der Waals surface area (Å²) in [7, 11) is 1.62. The Hall–Kier alpha value is -2.56. The molecule has 0 unspecified atom stereocenters. The number of amides is 1. The fraction of sp³-hybridized carbons (Fsp3) is 0.333. The third-order valence-corrected chi connectivity index (χ3v) is 4.10. The molecule has 2 N–H and O–H groups in total. The van der Waals surface area contributed by atoms with E-state index in [1.807, 2.05) is 42.6 Å². The lowest BCUT2D eigenvalue weighted by molar-refractivity contribution is -0.364. The highest BCUT2D eigenvalue weighted by Crippen LogP contribution is 2.21. The molecule has 0 bridgehead atoms. The Labute approximate surface area is 136 Å². The highest BCUT2D eigenvalue weighted by atomic mass is 16.5. The summed E-state index contributed by atoms with van der Waals surface area (Å²) in [6.45, 7) is 1.98. The summed E-state index contributed by atoms with van der Waals surface area (Å²) >= 11 is 0. The summed E-state index contributed by atoms with van der Waals surface area (Å²) in [5, 5.41) is 2.95. The standard InChI is InChI=1S/C18H21N3O2/c1-23-15-9-7-14(8-10-15)20-18(22)16-6-5-11-19-17(16)21-12-3-2-4-13-21/h5-11H,2-4,12-13H2,1H3,(H,20,22)/p+1. The molecule has 1 aromatic heterocycles. The fourth-order valence-corrected chi connectivity index (χ4v) is 2.86. The molecule has 1 saturated heterocycles. The van der Waals surface area contributed by atoms with Crippen molar-refractivity contribution >= 4 is 17.4 Å². The number of hydrogen-bond acceptors (Lipinski definition) is 3. The van der Waals surface area contributed by atoms with Gasteiger partial charge >= 0.3 is 0 Å². The third-order valence-electron chi connectivity index (χ3n) is 4.10. The largest absolute Gasteiger partial charge is 0.497 e. The number of carbonyl (C=O) groups excluding carboxylic acids is 1. The Morgan fingerprint density at radius 2 is 1.87 bits per heavy atom. The molecule has 1 amide bonds. The molecule has 1 aromatic carbocycles. The maximum absolute atomic E-state index is 12.6. The zero-order chi connectivity index (χ0) is 16.1. The van der Waals surface area contributed by atoms with E-state index in [9.17, 15) is 4.79 Å². The number of methoxy groups -OCH3 is 1. The van der Waals surface area contributed by atoms with Crippen LogP contribution in [0.4, 0.5) is 11.5 Å². The second kappa shape index (κ2) is 7.13. The minimum atomic E-state index is -0.104. The highest BCUT2D eigenvalue weighted by Gasteiger charge is 2.25. The van der Waals surface area contributed by atoms with Gasteiger partial charge in [0.25, 0.3) is 11.7 Å². The van der Waals surface area contributed by atoms with Gasteiger partial charge in [0.05, 0.1) is 26.4 Å². The Morgan fingerprint density at radius 1 is 1.13 bits per heavy atom. The molecule has 120 valence electrons. The Kier molecular flexibility index (Phi) is 4.76. The van der Waals surface area contributed by atoms with Crippen molar-refractivity contribution in [2.24, 2.45) is 0 Å². The van der Waals surface area contributed by atoms with Crippen LogP contribution in [0.2, 0.25) is 0 Å². The smallest absolute Gasteiger partial charge is 0.287 e. The van der Waals surface area contributed by atoms with Crippen LogP contribution >= 0.6 is 0 Å². The molecule has 0 aliphatic carbocycles. The number of benzene rings is 1. The predicted octanol–water partition coefficient (Wildman–Crippen LogP) is 2.75. The van der Waals surface area contributed by atoms with Gasteiger partial charge in [-0.05, 0) is 55.7 Å². The monoisotopic (exact) mass is 312 g/mol. The van der Waals surface area contributed by atoms with E-state index < -0.39 is 0 Å². The minimum absolute atomic E-state index is 0.104. The minimum Gasteiger partial charge on any atom is -0.497 e. The number of anilines is 2. The number of nitrogens with one attached hydrogen (secondary N) is 2. The second-order valence-electron chi connectivity index (χ2n) is 5.66. The van der Waals surface area contributed by atoms with E-state index in [0.717, 1.165) is 30.3 Å². The van der Waals surface area contributed by atoms with Gasteiger partial charge in [0.15, 0.2) is 0 Å². The van der Waals surface area contributed by atoms with Crippen molar-refractivity contribution in [3.05, 3.63) is 48.2 Å². The van der Waals surface area contributed by atoms with E-state index in [4.69, 9.17) is 4.74 Å². The zero-order valence-corrected chi connectivity index (χ0v) is 13.3. The van der Waals surface area contributed by atoms with Gasteiger partial charge in [-0.3, -0.25) is 9.69 Å². The zero-order valence-electron chi connectivity index (χ0n) is 13.3. The molecule has 0 radical (unpaired) electrons. The first-order chi connectivity index (χ1) is 11.3. The molecule has 3 rings (SSSR count). The molecule has 2 aromatic rings. The van der Waals surface area contributed by atoms with Crippen molar-refractivity contribution in [3.63, 3.8) is 0 Å². The Bertz CT molecular complexity index is 664. The van der Waals surface area contributed by atoms with Crippen LogP contribution in [0.5, 0.6) is 5.75 Å². The van der Waals surface area contributed by atoms with E-state index in [-0.39, 0.29) is 5.91 Å². The van der Waals surface area contributed by atoms with Crippen molar-refractivity contribution in [1.29, 1.82) is 0 Å². The number of piperidine rings is 1. The number of nitrogens with zero attached hydrogens (tertiary/aromatic N) is 1. The van der Waals surface area contributed by atoms with Gasteiger partial charge in [-0.1, -0.05) is 0 Å². The maximum atomic E-state index is 12.6. The quantitative estimate of drug-likeness (QED) is 0.944. The molecule has 0 saturated carbocycles. The lowest BCUT2D eigenvalue weighted by Crippen LogP contribution is -2.36. The van der Waals surface area contributed by atoms with Crippen molar-refractivity contribution in [2.45, 2.75) is 19.3 Å². The van der Waals surface area contributed by atoms with E-state index in [2.05, 4.69) is 15.2 Å². The van der Waals surface area contributed by atoms with Gasteiger partial charge in [0.1, 0.15) is 11.3 Å². The molecule has 1 aliphatic heterocycles. The summed E-state index contributed by atoms with van der Waals surface area (Å²) < 4.78 is 5.13. The fourth-order valence-electron chi connectivity index (χ4n) is 2.86. The van der Waals surface area contributed by atoms with Crippen molar-refractivity contribution in [1.82, 2.24) is 0 Å². The summed E-state index contributed by atoms with van der Waals surface area (Å²) in [5.41, 5.74) is 1.43. The summed E-state index contributed by atoms with van der Waals surface area (Å²) in [6.07, 6.45) is 5.47. The van der Waals surface area contributed by atoms with Crippen LogP contribution in [0, 0.1) is 0 Å². The normalized spacial score (nSPS) is 14.4. The van der Waals surface area contributed by atoms with Crippen LogP contribution in [-0.2, 0) is 0 Å². The molecule has 5 heteroatoms. The summed E-state index contributed by atoms with van der Waals surface area (Å²) in [6, 6.07) is 11.1. The molecule has 1 aliphatic rings. The van der Waals surface area contributed by atoms with E-state index >= 15 is 0 Å². The van der Waals surface area contributed by atoms with Gasteiger partial charge in [0, 0.05) is 5.69 Å². The molecule has 1 fully saturated rings.